The summed E-state index contributed by atoms with van der Waals surface area (Å²) in [6.07, 6.45) is 6.02. The van der Waals surface area contributed by atoms with Gasteiger partial charge in [-0.1, -0.05) is 67.8 Å². The van der Waals surface area contributed by atoms with E-state index in [1.807, 2.05) is 47.8 Å². The van der Waals surface area contributed by atoms with Crippen LogP contribution in [0.5, 0.6) is 5.75 Å². The Morgan fingerprint density at radius 1 is 1.08 bits per heavy atom. The SMILES string of the molecule is COc1ccccc1-c1csc2nc(CN(C[C@H](O)Cc3ccccc3)C3CCCCC3)[nH]c(=O)c12. The lowest BCUT2D eigenvalue weighted by atomic mass is 9.93. The van der Waals surface area contributed by atoms with E-state index in [0.717, 1.165) is 40.1 Å². The first kappa shape index (κ1) is 24.7. The van der Waals surface area contributed by atoms with Gasteiger partial charge in [0.05, 0.1) is 25.1 Å². The molecule has 2 N–H and O–H groups in total. The van der Waals surface area contributed by atoms with Crippen LogP contribution in [0.4, 0.5) is 0 Å². The van der Waals surface area contributed by atoms with Gasteiger partial charge in [0.15, 0.2) is 0 Å². The molecule has 0 spiro atoms. The summed E-state index contributed by atoms with van der Waals surface area (Å²) < 4.78 is 5.52. The molecule has 2 aromatic heterocycles. The van der Waals surface area contributed by atoms with Gasteiger partial charge in [0.2, 0.25) is 0 Å². The van der Waals surface area contributed by atoms with Gasteiger partial charge in [-0.05, 0) is 30.9 Å². The highest BCUT2D eigenvalue weighted by molar-refractivity contribution is 7.17. The molecule has 2 aromatic carbocycles. The van der Waals surface area contributed by atoms with E-state index in [4.69, 9.17) is 9.72 Å². The number of fused-ring (bicyclic) bond motifs is 1. The Balaban J connectivity index is 1.41. The number of thiophene rings is 1. The number of aromatic nitrogens is 2. The number of aliphatic hydroxyl groups is 1. The summed E-state index contributed by atoms with van der Waals surface area (Å²) in [5.74, 6) is 1.38. The second kappa shape index (κ2) is 11.4. The largest absolute Gasteiger partial charge is 0.496 e. The van der Waals surface area contributed by atoms with Crippen LogP contribution in [0.2, 0.25) is 0 Å². The third-order valence-electron chi connectivity index (χ3n) is 7.09. The number of ether oxygens (including phenoxy) is 1. The number of aromatic amines is 1. The molecule has 7 heteroatoms. The van der Waals surface area contributed by atoms with Gasteiger partial charge in [0.1, 0.15) is 16.4 Å². The quantitative estimate of drug-likeness (QED) is 0.320. The number of benzene rings is 2. The van der Waals surface area contributed by atoms with E-state index in [0.29, 0.717) is 36.8 Å². The molecule has 36 heavy (non-hydrogen) atoms. The summed E-state index contributed by atoms with van der Waals surface area (Å²) in [6.45, 7) is 1.07. The van der Waals surface area contributed by atoms with Crippen molar-refractivity contribution in [3.63, 3.8) is 0 Å². The molecule has 0 bridgehead atoms. The van der Waals surface area contributed by atoms with Crippen molar-refractivity contribution in [3.05, 3.63) is 81.7 Å². The summed E-state index contributed by atoms with van der Waals surface area (Å²) in [4.78, 5) is 24.2. The van der Waals surface area contributed by atoms with Crippen LogP contribution in [0.15, 0.2) is 64.8 Å². The third-order valence-corrected chi connectivity index (χ3v) is 7.97. The zero-order valence-electron chi connectivity index (χ0n) is 20.7. The van der Waals surface area contributed by atoms with Crippen molar-refractivity contribution < 1.29 is 9.84 Å². The Kier molecular flexibility index (Phi) is 7.80. The van der Waals surface area contributed by atoms with Gasteiger partial charge in [-0.25, -0.2) is 4.98 Å². The predicted octanol–water partition coefficient (Wildman–Crippen LogP) is 5.40. The molecule has 0 saturated heterocycles. The lowest BCUT2D eigenvalue weighted by Gasteiger charge is -2.35. The fraction of sp³-hybridized carbons (Fsp3) is 0.379. The van der Waals surface area contributed by atoms with E-state index in [-0.39, 0.29) is 5.56 Å². The van der Waals surface area contributed by atoms with Crippen molar-refractivity contribution in [1.29, 1.82) is 0 Å². The van der Waals surface area contributed by atoms with Crippen LogP contribution < -0.4 is 10.3 Å². The summed E-state index contributed by atoms with van der Waals surface area (Å²) in [5, 5.41) is 13.5. The van der Waals surface area contributed by atoms with Gasteiger partial charge in [-0.15, -0.1) is 11.3 Å². The molecular formula is C29H33N3O3S. The smallest absolute Gasteiger partial charge is 0.260 e. The van der Waals surface area contributed by atoms with Gasteiger partial charge < -0.3 is 14.8 Å². The maximum atomic E-state index is 13.3. The summed E-state index contributed by atoms with van der Waals surface area (Å²) >= 11 is 1.48. The van der Waals surface area contributed by atoms with E-state index in [9.17, 15) is 9.90 Å². The van der Waals surface area contributed by atoms with Crippen LogP contribution in [-0.2, 0) is 13.0 Å². The van der Waals surface area contributed by atoms with Gasteiger partial charge in [0, 0.05) is 29.1 Å². The number of hydrogen-bond donors (Lipinski definition) is 2. The number of rotatable bonds is 9. The number of H-pyrrole nitrogens is 1. The van der Waals surface area contributed by atoms with Crippen LogP contribution in [-0.4, -0.2) is 45.8 Å². The maximum Gasteiger partial charge on any atom is 0.260 e. The van der Waals surface area contributed by atoms with Crippen molar-refractivity contribution in [2.24, 2.45) is 0 Å². The van der Waals surface area contributed by atoms with Crippen LogP contribution in [0.3, 0.4) is 0 Å². The number of aliphatic hydroxyl groups excluding tert-OH is 1. The molecule has 0 amide bonds. The fourth-order valence-corrected chi connectivity index (χ4v) is 6.29. The molecule has 1 aliphatic rings. The molecular weight excluding hydrogens is 470 g/mol. The molecule has 4 aromatic rings. The molecule has 0 aliphatic heterocycles. The Morgan fingerprint density at radius 2 is 1.83 bits per heavy atom. The van der Waals surface area contributed by atoms with Crippen LogP contribution in [0.1, 0.15) is 43.5 Å². The van der Waals surface area contributed by atoms with E-state index < -0.39 is 6.10 Å². The summed E-state index contributed by atoms with van der Waals surface area (Å²) in [7, 11) is 1.64. The molecule has 0 radical (unpaired) electrons. The number of methoxy groups -OCH3 is 1. The van der Waals surface area contributed by atoms with Crippen LogP contribution >= 0.6 is 11.3 Å². The molecule has 1 saturated carbocycles. The monoisotopic (exact) mass is 503 g/mol. The lowest BCUT2D eigenvalue weighted by molar-refractivity contribution is 0.0662. The lowest BCUT2D eigenvalue weighted by Crippen LogP contribution is -2.42. The van der Waals surface area contributed by atoms with Crippen molar-refractivity contribution >= 4 is 21.6 Å². The Labute approximate surface area is 215 Å². The van der Waals surface area contributed by atoms with Crippen molar-refractivity contribution in [2.45, 2.75) is 57.2 Å². The highest BCUT2D eigenvalue weighted by atomic mass is 32.1. The first-order valence-electron chi connectivity index (χ1n) is 12.7. The second-order valence-corrected chi connectivity index (χ2v) is 10.5. The standard InChI is InChI=1S/C29H33N3O3S/c1-35-25-15-9-8-14-23(25)24-19-36-29-27(24)28(34)30-26(31-29)18-32(21-12-6-3-7-13-21)17-22(33)16-20-10-4-2-5-11-20/h2,4-5,8-11,14-15,19,21-22,33H,3,6-7,12-13,16-18H2,1H3,(H,30,31,34)/t22-/m1/s1. The summed E-state index contributed by atoms with van der Waals surface area (Å²) in [6, 6.07) is 18.2. The van der Waals surface area contributed by atoms with Crippen LogP contribution in [0, 0.1) is 0 Å². The number of hydrogen-bond acceptors (Lipinski definition) is 6. The highest BCUT2D eigenvalue weighted by Crippen LogP contribution is 2.36. The molecule has 2 heterocycles. The minimum atomic E-state index is -0.483. The Hall–Kier alpha value is -3.00. The first-order valence-corrected chi connectivity index (χ1v) is 13.6. The Morgan fingerprint density at radius 3 is 2.61 bits per heavy atom. The van der Waals surface area contributed by atoms with Crippen molar-refractivity contribution in [3.8, 4) is 16.9 Å². The van der Waals surface area contributed by atoms with E-state index in [1.165, 1.54) is 30.6 Å². The molecule has 188 valence electrons. The minimum Gasteiger partial charge on any atom is -0.496 e. The first-order chi connectivity index (χ1) is 17.6. The minimum absolute atomic E-state index is 0.134. The van der Waals surface area contributed by atoms with Gasteiger partial charge >= 0.3 is 0 Å². The predicted molar refractivity (Wildman–Crippen MR) is 146 cm³/mol. The molecule has 6 nitrogen and oxygen atoms in total. The van der Waals surface area contributed by atoms with E-state index in [2.05, 4.69) is 22.0 Å². The fourth-order valence-electron chi connectivity index (χ4n) is 5.34. The van der Waals surface area contributed by atoms with Gasteiger partial charge in [0.25, 0.3) is 5.56 Å². The van der Waals surface area contributed by atoms with Gasteiger partial charge in [-0.2, -0.15) is 0 Å². The molecule has 5 rings (SSSR count). The average molecular weight is 504 g/mol. The van der Waals surface area contributed by atoms with Crippen molar-refractivity contribution in [1.82, 2.24) is 14.9 Å². The normalized spacial score (nSPS) is 15.4. The third kappa shape index (κ3) is 5.53. The van der Waals surface area contributed by atoms with Crippen LogP contribution in [0.25, 0.3) is 21.3 Å². The maximum absolute atomic E-state index is 13.3. The van der Waals surface area contributed by atoms with E-state index in [1.54, 1.807) is 7.11 Å². The second-order valence-electron chi connectivity index (χ2n) is 9.61. The zero-order valence-corrected chi connectivity index (χ0v) is 21.5. The molecule has 0 unspecified atom stereocenters. The number of nitrogens with zero attached hydrogens (tertiary/aromatic N) is 2. The molecule has 1 fully saturated rings. The van der Waals surface area contributed by atoms with Gasteiger partial charge in [-0.3, -0.25) is 9.69 Å². The number of nitrogens with one attached hydrogen (secondary N) is 1. The average Bonchev–Trinajstić information content (AvgIpc) is 3.34. The zero-order chi connectivity index (χ0) is 24.9. The Bertz CT molecular complexity index is 1340. The highest BCUT2D eigenvalue weighted by Gasteiger charge is 2.25. The van der Waals surface area contributed by atoms with E-state index >= 15 is 0 Å². The molecule has 1 atom stereocenters. The number of para-hydroxylation sites is 1. The summed E-state index contributed by atoms with van der Waals surface area (Å²) in [5.41, 5.74) is 2.73. The van der Waals surface area contributed by atoms with Crippen molar-refractivity contribution in [2.75, 3.05) is 13.7 Å². The molecule has 1 aliphatic carbocycles. The topological polar surface area (TPSA) is 78.5 Å².